The van der Waals surface area contributed by atoms with Gasteiger partial charge in [-0.3, -0.25) is 20.2 Å². The van der Waals surface area contributed by atoms with Crippen LogP contribution in [-0.4, -0.2) is 25.2 Å². The highest BCUT2D eigenvalue weighted by Crippen LogP contribution is 2.32. The first kappa shape index (κ1) is 26.6. The molecule has 13 heteroatoms. The Morgan fingerprint density at radius 1 is 0.846 bits per heavy atom. The number of hydrogen-bond donors (Lipinski definition) is 6. The molecule has 0 spiro atoms. The summed E-state index contributed by atoms with van der Waals surface area (Å²) in [4.78, 5) is 23.1. The number of nitrogens with two attached hydrogens (primary N) is 2. The van der Waals surface area contributed by atoms with E-state index in [0.29, 0.717) is 28.1 Å². The third-order valence-electron chi connectivity index (χ3n) is 5.52. The minimum absolute atomic E-state index is 0.0409. The van der Waals surface area contributed by atoms with Gasteiger partial charge in [0.1, 0.15) is 5.84 Å². The molecule has 12 nitrogen and oxygen atoms in total. The fourth-order valence-electron chi connectivity index (χ4n) is 3.65. The second-order valence-electron chi connectivity index (χ2n) is 8.31. The van der Waals surface area contributed by atoms with Crippen LogP contribution in [0.4, 0.5) is 33.2 Å². The highest BCUT2D eigenvalue weighted by atomic mass is 32.2. The molecule has 39 heavy (non-hydrogen) atoms. The van der Waals surface area contributed by atoms with E-state index in [1.165, 1.54) is 48.5 Å². The van der Waals surface area contributed by atoms with E-state index in [4.69, 9.17) is 16.9 Å². The molecule has 0 bridgehead atoms. The fraction of sp³-hybridized carbons (Fsp3) is 0. The molecule has 0 saturated carbocycles. The van der Waals surface area contributed by atoms with Crippen molar-refractivity contribution in [3.63, 3.8) is 0 Å². The Labute approximate surface area is 223 Å². The minimum Gasteiger partial charge on any atom is -0.399 e. The van der Waals surface area contributed by atoms with Gasteiger partial charge >= 0.3 is 6.03 Å². The molecule has 0 aliphatic carbocycles. The number of nitro groups is 1. The number of nitrogens with one attached hydrogen (secondary N) is 4. The van der Waals surface area contributed by atoms with Crippen LogP contribution in [0.5, 0.6) is 0 Å². The summed E-state index contributed by atoms with van der Waals surface area (Å²) in [5, 5.41) is 24.1. The fourth-order valence-corrected chi connectivity index (χ4v) is 4.71. The number of carbonyl (C=O) groups is 1. The van der Waals surface area contributed by atoms with Crippen LogP contribution >= 0.6 is 0 Å². The van der Waals surface area contributed by atoms with Gasteiger partial charge in [-0.05, 0) is 66.2 Å². The van der Waals surface area contributed by atoms with Crippen LogP contribution in [0.25, 0.3) is 11.1 Å². The average molecular weight is 546 g/mol. The monoisotopic (exact) mass is 545 g/mol. The van der Waals surface area contributed by atoms with Crippen molar-refractivity contribution in [2.24, 2.45) is 5.73 Å². The molecular weight excluding hydrogens is 522 g/mol. The molecule has 0 aliphatic heterocycles. The van der Waals surface area contributed by atoms with Crippen LogP contribution < -0.4 is 26.8 Å². The van der Waals surface area contributed by atoms with E-state index >= 15 is 0 Å². The van der Waals surface area contributed by atoms with Crippen molar-refractivity contribution in [1.29, 1.82) is 5.41 Å². The first-order valence-corrected chi connectivity index (χ1v) is 12.8. The number of nitrogens with zero attached hydrogens (tertiary/aromatic N) is 1. The maximum Gasteiger partial charge on any atom is 0.323 e. The lowest BCUT2D eigenvalue weighted by Crippen LogP contribution is -2.20. The van der Waals surface area contributed by atoms with Gasteiger partial charge in [0.2, 0.25) is 0 Å². The maximum absolute atomic E-state index is 12.9. The molecule has 0 unspecified atom stereocenters. The molecular formula is C26H23N7O5S. The standard InChI is InChI=1S/C26H23N7O5S/c27-18-6-13-23(24(15-18)33(35)36)16-4-7-20(8-5-16)32-39(37,38)22-11-9-19(10-12-22)30-26(34)31-21-3-1-2-17(14-21)25(28)29/h1-15,32H,27H2,(H3,28,29)(H2,30,31,34). The summed E-state index contributed by atoms with van der Waals surface area (Å²) in [7, 11) is -3.96. The van der Waals surface area contributed by atoms with Gasteiger partial charge in [-0.2, -0.15) is 0 Å². The van der Waals surface area contributed by atoms with Gasteiger partial charge in [-0.15, -0.1) is 0 Å². The molecule has 0 aliphatic rings. The van der Waals surface area contributed by atoms with Crippen LogP contribution in [0.15, 0.2) is 95.9 Å². The van der Waals surface area contributed by atoms with Crippen LogP contribution in [0.1, 0.15) is 5.56 Å². The molecule has 4 aromatic carbocycles. The minimum atomic E-state index is -3.96. The van der Waals surface area contributed by atoms with Crippen molar-refractivity contribution in [2.45, 2.75) is 4.90 Å². The quantitative estimate of drug-likeness (QED) is 0.0610. The largest absolute Gasteiger partial charge is 0.399 e. The van der Waals surface area contributed by atoms with Gasteiger partial charge in [0, 0.05) is 34.4 Å². The predicted octanol–water partition coefficient (Wildman–Crippen LogP) is 4.57. The van der Waals surface area contributed by atoms with Gasteiger partial charge in [0.25, 0.3) is 15.7 Å². The zero-order chi connectivity index (χ0) is 28.2. The first-order chi connectivity index (χ1) is 18.5. The Balaban J connectivity index is 1.42. The summed E-state index contributed by atoms with van der Waals surface area (Å²) in [5.74, 6) is -0.133. The molecule has 8 N–H and O–H groups in total. The molecule has 198 valence electrons. The molecule has 0 radical (unpaired) electrons. The van der Waals surface area contributed by atoms with Crippen LogP contribution in [0, 0.1) is 15.5 Å². The molecule has 0 atom stereocenters. The SMILES string of the molecule is N=C(N)c1cccc(NC(=O)Nc2ccc(S(=O)(=O)Nc3ccc(-c4ccc(N)cc4[N+](=O)[O-])cc3)cc2)c1. The Kier molecular flexibility index (Phi) is 7.44. The topological polar surface area (TPSA) is 206 Å². The number of sulfonamides is 1. The third-order valence-corrected chi connectivity index (χ3v) is 6.92. The number of urea groups is 1. The van der Waals surface area contributed by atoms with E-state index in [0.717, 1.165) is 0 Å². The van der Waals surface area contributed by atoms with E-state index in [-0.39, 0.29) is 27.8 Å². The summed E-state index contributed by atoms with van der Waals surface area (Å²) >= 11 is 0. The Bertz CT molecular complexity index is 1670. The lowest BCUT2D eigenvalue weighted by Gasteiger charge is -2.11. The number of anilines is 4. The number of hydrogen-bond acceptors (Lipinski definition) is 7. The zero-order valence-corrected chi connectivity index (χ0v) is 21.0. The Morgan fingerprint density at radius 2 is 1.49 bits per heavy atom. The third kappa shape index (κ3) is 6.47. The number of benzene rings is 4. The molecule has 2 amide bonds. The molecule has 4 rings (SSSR count). The lowest BCUT2D eigenvalue weighted by molar-refractivity contribution is -0.384. The van der Waals surface area contributed by atoms with Gasteiger partial charge in [0.15, 0.2) is 0 Å². The number of rotatable bonds is 8. The van der Waals surface area contributed by atoms with E-state index < -0.39 is 21.0 Å². The van der Waals surface area contributed by atoms with Crippen molar-refractivity contribution >= 4 is 50.3 Å². The predicted molar refractivity (Wildman–Crippen MR) is 150 cm³/mol. The number of nitro benzene ring substituents is 1. The van der Waals surface area contributed by atoms with Crippen LogP contribution in [0.2, 0.25) is 0 Å². The lowest BCUT2D eigenvalue weighted by atomic mass is 10.0. The summed E-state index contributed by atoms with van der Waals surface area (Å²) in [6.07, 6.45) is 0. The summed E-state index contributed by atoms with van der Waals surface area (Å²) in [6, 6.07) is 21.9. The molecule has 4 aromatic rings. The van der Waals surface area contributed by atoms with Gasteiger partial charge in [-0.1, -0.05) is 24.3 Å². The van der Waals surface area contributed by atoms with Gasteiger partial charge in [0.05, 0.1) is 15.4 Å². The second kappa shape index (κ2) is 10.9. The normalized spacial score (nSPS) is 10.9. The summed E-state index contributed by atoms with van der Waals surface area (Å²) < 4.78 is 28.2. The maximum atomic E-state index is 12.9. The van der Waals surface area contributed by atoms with Crippen LogP contribution in [0.3, 0.4) is 0 Å². The molecule has 0 saturated heterocycles. The summed E-state index contributed by atoms with van der Waals surface area (Å²) in [5.41, 5.74) is 13.6. The van der Waals surface area contributed by atoms with Crippen molar-refractivity contribution < 1.29 is 18.1 Å². The first-order valence-electron chi connectivity index (χ1n) is 11.3. The van der Waals surface area contributed by atoms with Gasteiger partial charge < -0.3 is 22.1 Å². The van der Waals surface area contributed by atoms with E-state index in [9.17, 15) is 23.3 Å². The number of carbonyl (C=O) groups excluding carboxylic acids is 1. The molecule has 0 aromatic heterocycles. The number of amidine groups is 1. The molecule has 0 fully saturated rings. The second-order valence-corrected chi connectivity index (χ2v) is 10.00. The Morgan fingerprint density at radius 3 is 2.13 bits per heavy atom. The number of amides is 2. The van der Waals surface area contributed by atoms with E-state index in [2.05, 4.69) is 15.4 Å². The van der Waals surface area contributed by atoms with Gasteiger partial charge in [-0.25, -0.2) is 13.2 Å². The molecule has 0 heterocycles. The van der Waals surface area contributed by atoms with Crippen molar-refractivity contribution in [1.82, 2.24) is 0 Å². The van der Waals surface area contributed by atoms with E-state index in [1.807, 2.05) is 0 Å². The zero-order valence-electron chi connectivity index (χ0n) is 20.2. The van der Waals surface area contributed by atoms with Crippen molar-refractivity contribution in [3.05, 3.63) is 107 Å². The smallest absolute Gasteiger partial charge is 0.323 e. The Hall–Kier alpha value is -5.43. The highest BCUT2D eigenvalue weighted by molar-refractivity contribution is 7.92. The average Bonchev–Trinajstić information content (AvgIpc) is 2.89. The highest BCUT2D eigenvalue weighted by Gasteiger charge is 2.17. The van der Waals surface area contributed by atoms with Crippen molar-refractivity contribution in [2.75, 3.05) is 21.1 Å². The van der Waals surface area contributed by atoms with Crippen molar-refractivity contribution in [3.8, 4) is 11.1 Å². The number of nitrogen functional groups attached to an aromatic ring is 2. The van der Waals surface area contributed by atoms with Crippen LogP contribution in [-0.2, 0) is 10.0 Å². The van der Waals surface area contributed by atoms with E-state index in [1.54, 1.807) is 42.5 Å². The summed E-state index contributed by atoms with van der Waals surface area (Å²) in [6.45, 7) is 0.